The molecule has 1 aliphatic rings. The Hall–Kier alpha value is -1.84. The first-order valence-corrected chi connectivity index (χ1v) is 5.25. The van der Waals surface area contributed by atoms with Crippen LogP contribution >= 0.6 is 0 Å². The van der Waals surface area contributed by atoms with Gasteiger partial charge in [0.05, 0.1) is 5.57 Å². The monoisotopic (exact) mass is 218 g/mol. The van der Waals surface area contributed by atoms with Gasteiger partial charge in [0.25, 0.3) is 0 Å². The third-order valence-corrected chi connectivity index (χ3v) is 2.36. The topological polar surface area (TPSA) is 51.2 Å². The van der Waals surface area contributed by atoms with Gasteiger partial charge in [-0.25, -0.2) is 9.78 Å². The highest BCUT2D eigenvalue weighted by atomic mass is 16.5. The number of esters is 1. The van der Waals surface area contributed by atoms with Gasteiger partial charge in [-0.15, -0.1) is 0 Å². The average Bonchev–Trinajstić information content (AvgIpc) is 2.54. The van der Waals surface area contributed by atoms with Crippen LogP contribution in [0.25, 0.3) is 0 Å². The molecule has 0 amide bonds. The van der Waals surface area contributed by atoms with Crippen molar-refractivity contribution in [1.82, 2.24) is 4.98 Å². The molecule has 2 heterocycles. The molecular formula is C12H14N2O2. The first-order valence-electron chi connectivity index (χ1n) is 5.25. The van der Waals surface area contributed by atoms with Gasteiger partial charge in [0.2, 0.25) is 0 Å². The predicted octanol–water partition coefficient (Wildman–Crippen LogP) is 2.02. The molecule has 0 spiro atoms. The number of nitrogens with zero attached hydrogens (tertiary/aromatic N) is 1. The van der Waals surface area contributed by atoms with Crippen LogP contribution in [-0.4, -0.2) is 17.1 Å². The molecule has 4 nitrogen and oxygen atoms in total. The Kier molecular flexibility index (Phi) is 2.90. The van der Waals surface area contributed by atoms with E-state index in [9.17, 15) is 4.79 Å². The lowest BCUT2D eigenvalue weighted by Gasteiger charge is -2.00. The van der Waals surface area contributed by atoms with Crippen LogP contribution in [0.2, 0.25) is 0 Å². The molecule has 2 rings (SSSR count). The number of hydrogen-bond donors (Lipinski definition) is 1. The summed E-state index contributed by atoms with van der Waals surface area (Å²) in [6.45, 7) is 3.80. The molecule has 16 heavy (non-hydrogen) atoms. The lowest BCUT2D eigenvalue weighted by atomic mass is 10.2. The Morgan fingerprint density at radius 2 is 2.38 bits per heavy atom. The molecule has 1 saturated heterocycles. The van der Waals surface area contributed by atoms with Crippen molar-refractivity contribution < 1.29 is 9.53 Å². The van der Waals surface area contributed by atoms with Crippen molar-refractivity contribution in [3.8, 4) is 0 Å². The zero-order valence-electron chi connectivity index (χ0n) is 9.36. The van der Waals surface area contributed by atoms with Crippen molar-refractivity contribution in [3.63, 3.8) is 0 Å². The highest BCUT2D eigenvalue weighted by Crippen LogP contribution is 2.19. The second kappa shape index (κ2) is 4.35. The number of anilines is 1. The first-order chi connectivity index (χ1) is 7.65. The van der Waals surface area contributed by atoms with Crippen molar-refractivity contribution in [3.05, 3.63) is 35.7 Å². The van der Waals surface area contributed by atoms with Gasteiger partial charge in [-0.2, -0.15) is 0 Å². The van der Waals surface area contributed by atoms with E-state index < -0.39 is 0 Å². The largest absolute Gasteiger partial charge is 0.459 e. The quantitative estimate of drug-likeness (QED) is 0.609. The standard InChI is InChI=1S/C12H14N2O2/c1-8-4-3-5-11(14-8)13-7-10-6-9(2)16-12(10)15/h3-5,7,9H,6H2,1-2H3,(H,13,14)/b10-7+/t9-/m1/s1. The van der Waals surface area contributed by atoms with Crippen LogP contribution < -0.4 is 5.32 Å². The van der Waals surface area contributed by atoms with Crippen molar-refractivity contribution in [2.45, 2.75) is 26.4 Å². The molecule has 0 bridgehead atoms. The van der Waals surface area contributed by atoms with Gasteiger partial charge in [0, 0.05) is 18.3 Å². The zero-order valence-corrected chi connectivity index (χ0v) is 9.36. The lowest BCUT2D eigenvalue weighted by Crippen LogP contribution is -2.01. The summed E-state index contributed by atoms with van der Waals surface area (Å²) in [5, 5.41) is 3.00. The van der Waals surface area contributed by atoms with Crippen molar-refractivity contribution in [2.75, 3.05) is 5.32 Å². The number of cyclic esters (lactones) is 1. The summed E-state index contributed by atoms with van der Waals surface area (Å²) in [5.74, 6) is 0.493. The van der Waals surface area contributed by atoms with E-state index in [0.29, 0.717) is 12.0 Å². The maximum atomic E-state index is 11.3. The zero-order chi connectivity index (χ0) is 11.5. The minimum absolute atomic E-state index is 0.0222. The van der Waals surface area contributed by atoms with Crippen LogP contribution in [0.3, 0.4) is 0 Å². The summed E-state index contributed by atoms with van der Waals surface area (Å²) in [5.41, 5.74) is 1.60. The summed E-state index contributed by atoms with van der Waals surface area (Å²) in [6, 6.07) is 5.69. The second-order valence-corrected chi connectivity index (χ2v) is 3.90. The fourth-order valence-corrected chi connectivity index (χ4v) is 1.60. The van der Waals surface area contributed by atoms with Gasteiger partial charge in [0.1, 0.15) is 11.9 Å². The third kappa shape index (κ3) is 2.39. The first kappa shape index (κ1) is 10.7. The predicted molar refractivity (Wildman–Crippen MR) is 60.9 cm³/mol. The lowest BCUT2D eigenvalue weighted by molar-refractivity contribution is -0.138. The summed E-state index contributed by atoms with van der Waals surface area (Å²) >= 11 is 0. The molecule has 0 aromatic carbocycles. The fraction of sp³-hybridized carbons (Fsp3) is 0.333. The van der Waals surface area contributed by atoms with Gasteiger partial charge in [-0.1, -0.05) is 6.07 Å². The van der Waals surface area contributed by atoms with Gasteiger partial charge in [-0.05, 0) is 26.0 Å². The molecule has 84 valence electrons. The van der Waals surface area contributed by atoms with E-state index in [1.54, 1.807) is 6.20 Å². The number of ether oxygens (including phenoxy) is 1. The molecule has 0 saturated carbocycles. The van der Waals surface area contributed by atoms with Crippen LogP contribution in [0.15, 0.2) is 30.0 Å². The van der Waals surface area contributed by atoms with Crippen molar-refractivity contribution in [2.24, 2.45) is 0 Å². The molecule has 4 heteroatoms. The summed E-state index contributed by atoms with van der Waals surface area (Å²) in [7, 11) is 0. The molecule has 1 N–H and O–H groups in total. The van der Waals surface area contributed by atoms with E-state index in [1.807, 2.05) is 32.0 Å². The van der Waals surface area contributed by atoms with E-state index in [4.69, 9.17) is 4.74 Å². The molecule has 1 aliphatic heterocycles. The molecule has 1 aromatic heterocycles. The molecule has 1 aromatic rings. The molecular weight excluding hydrogens is 204 g/mol. The summed E-state index contributed by atoms with van der Waals surface area (Å²) in [6.07, 6.45) is 2.30. The Balaban J connectivity index is 2.06. The van der Waals surface area contributed by atoms with Crippen LogP contribution in [0.1, 0.15) is 19.0 Å². The van der Waals surface area contributed by atoms with Crippen LogP contribution in [0.4, 0.5) is 5.82 Å². The van der Waals surface area contributed by atoms with Crippen molar-refractivity contribution in [1.29, 1.82) is 0 Å². The number of carbonyl (C=O) groups is 1. The maximum absolute atomic E-state index is 11.3. The van der Waals surface area contributed by atoms with Crippen LogP contribution in [0.5, 0.6) is 0 Å². The highest BCUT2D eigenvalue weighted by molar-refractivity contribution is 5.90. The number of carbonyl (C=O) groups excluding carboxylic acids is 1. The maximum Gasteiger partial charge on any atom is 0.335 e. The number of nitrogens with one attached hydrogen (secondary N) is 1. The van der Waals surface area contributed by atoms with Crippen LogP contribution in [-0.2, 0) is 9.53 Å². The number of pyridine rings is 1. The third-order valence-electron chi connectivity index (χ3n) is 2.36. The van der Waals surface area contributed by atoms with Gasteiger partial charge < -0.3 is 10.1 Å². The van der Waals surface area contributed by atoms with E-state index in [1.165, 1.54) is 0 Å². The molecule has 0 aliphatic carbocycles. The summed E-state index contributed by atoms with van der Waals surface area (Å²) in [4.78, 5) is 15.6. The molecule has 1 fully saturated rings. The number of rotatable bonds is 2. The van der Waals surface area contributed by atoms with Gasteiger partial charge in [-0.3, -0.25) is 0 Å². The molecule has 1 atom stereocenters. The minimum Gasteiger partial charge on any atom is -0.459 e. The van der Waals surface area contributed by atoms with Gasteiger partial charge in [0.15, 0.2) is 0 Å². The Bertz CT molecular complexity index is 440. The van der Waals surface area contributed by atoms with E-state index >= 15 is 0 Å². The summed E-state index contributed by atoms with van der Waals surface area (Å²) < 4.78 is 5.02. The van der Waals surface area contributed by atoms with Gasteiger partial charge >= 0.3 is 5.97 Å². The van der Waals surface area contributed by atoms with Crippen LogP contribution in [0, 0.1) is 6.92 Å². The highest BCUT2D eigenvalue weighted by Gasteiger charge is 2.25. The molecule has 0 unspecified atom stereocenters. The minimum atomic E-state index is -0.243. The Labute approximate surface area is 94.3 Å². The second-order valence-electron chi connectivity index (χ2n) is 3.90. The van der Waals surface area contributed by atoms with Crippen molar-refractivity contribution >= 4 is 11.8 Å². The van der Waals surface area contributed by atoms with E-state index in [2.05, 4.69) is 10.3 Å². The fourth-order valence-electron chi connectivity index (χ4n) is 1.60. The number of aromatic nitrogens is 1. The van der Waals surface area contributed by atoms with E-state index in [-0.39, 0.29) is 12.1 Å². The Morgan fingerprint density at radius 3 is 3.00 bits per heavy atom. The SMILES string of the molecule is Cc1cccc(N/C=C2\C[C@@H](C)OC2=O)n1. The molecule has 0 radical (unpaired) electrons. The Morgan fingerprint density at radius 1 is 1.56 bits per heavy atom. The average molecular weight is 218 g/mol. The van der Waals surface area contributed by atoms with E-state index in [0.717, 1.165) is 11.5 Å². The number of aryl methyl sites for hydroxylation is 1. The smallest absolute Gasteiger partial charge is 0.335 e. The normalized spacial score (nSPS) is 22.2. The number of hydrogen-bond acceptors (Lipinski definition) is 4.